The molecule has 7 heteroatoms. The minimum absolute atomic E-state index is 0.00549. The van der Waals surface area contributed by atoms with Crippen molar-refractivity contribution in [1.82, 2.24) is 10.6 Å². The Morgan fingerprint density at radius 2 is 2.25 bits per heavy atom. The first-order valence-corrected chi connectivity index (χ1v) is 8.34. The highest BCUT2D eigenvalue weighted by Gasteiger charge is 2.28. The van der Waals surface area contributed by atoms with Gasteiger partial charge in [0.05, 0.1) is 24.6 Å². The minimum atomic E-state index is -0.651. The van der Waals surface area contributed by atoms with Gasteiger partial charge in [-0.2, -0.15) is 0 Å². The maximum Gasteiger partial charge on any atom is 0.307 e. The highest BCUT2D eigenvalue weighted by molar-refractivity contribution is 6.30. The molecule has 1 aliphatic rings. The van der Waals surface area contributed by atoms with Gasteiger partial charge in [0.1, 0.15) is 5.82 Å². The fourth-order valence-corrected chi connectivity index (χ4v) is 3.01. The third kappa shape index (κ3) is 4.92. The fraction of sp³-hybridized carbons (Fsp3) is 0.529. The highest BCUT2D eigenvalue weighted by Crippen LogP contribution is 2.24. The largest absolute Gasteiger partial charge is 0.469 e. The van der Waals surface area contributed by atoms with Crippen LogP contribution < -0.4 is 10.6 Å². The topological polar surface area (TPSA) is 67.4 Å². The van der Waals surface area contributed by atoms with Crippen LogP contribution in [-0.4, -0.2) is 31.6 Å². The number of hydrogen-bond acceptors (Lipinski definition) is 4. The lowest BCUT2D eigenvalue weighted by Crippen LogP contribution is -2.43. The smallest absolute Gasteiger partial charge is 0.307 e. The molecular formula is C17H22ClFN2O3. The van der Waals surface area contributed by atoms with Crippen LogP contribution in [0.2, 0.25) is 5.02 Å². The van der Waals surface area contributed by atoms with Crippen molar-refractivity contribution in [2.75, 3.05) is 13.7 Å². The van der Waals surface area contributed by atoms with E-state index >= 15 is 0 Å². The van der Waals surface area contributed by atoms with Crippen LogP contribution in [0.25, 0.3) is 0 Å². The zero-order chi connectivity index (χ0) is 17.7. The van der Waals surface area contributed by atoms with E-state index in [-0.39, 0.29) is 29.3 Å². The first kappa shape index (κ1) is 18.7. The Hall–Kier alpha value is -1.66. The van der Waals surface area contributed by atoms with E-state index in [4.69, 9.17) is 11.6 Å². The summed E-state index contributed by atoms with van der Waals surface area (Å²) in [7, 11) is 1.28. The SMILES string of the molecule is COC(=O)CC(NC(=O)[C@H]1CCN[C@@H](C)C1)c1ccc(Cl)c(F)c1. The number of ether oxygens (including phenoxy) is 1. The Kier molecular flexibility index (Phi) is 6.57. The van der Waals surface area contributed by atoms with Crippen molar-refractivity contribution in [2.24, 2.45) is 5.92 Å². The highest BCUT2D eigenvalue weighted by atomic mass is 35.5. The number of nitrogens with one attached hydrogen (secondary N) is 2. The average Bonchev–Trinajstić information content (AvgIpc) is 2.56. The first-order chi connectivity index (χ1) is 11.4. The second-order valence-corrected chi connectivity index (χ2v) is 6.50. The number of hydrogen-bond donors (Lipinski definition) is 2. The van der Waals surface area contributed by atoms with Crippen LogP contribution in [0, 0.1) is 11.7 Å². The van der Waals surface area contributed by atoms with Gasteiger partial charge in [-0.25, -0.2) is 4.39 Å². The molecular weight excluding hydrogens is 335 g/mol. The van der Waals surface area contributed by atoms with Gasteiger partial charge >= 0.3 is 5.97 Å². The van der Waals surface area contributed by atoms with E-state index in [9.17, 15) is 14.0 Å². The van der Waals surface area contributed by atoms with Gasteiger partial charge in [0.15, 0.2) is 0 Å². The summed E-state index contributed by atoms with van der Waals surface area (Å²) in [6.45, 7) is 2.80. The lowest BCUT2D eigenvalue weighted by atomic mass is 9.91. The number of benzene rings is 1. The number of methoxy groups -OCH3 is 1. The van der Waals surface area contributed by atoms with Crippen LogP contribution in [0.3, 0.4) is 0 Å². The summed E-state index contributed by atoms with van der Waals surface area (Å²) in [5.41, 5.74) is 0.484. The minimum Gasteiger partial charge on any atom is -0.469 e. The molecule has 2 rings (SSSR count). The van der Waals surface area contributed by atoms with Gasteiger partial charge in [-0.05, 0) is 44.0 Å². The van der Waals surface area contributed by atoms with Gasteiger partial charge < -0.3 is 15.4 Å². The Morgan fingerprint density at radius 3 is 2.88 bits per heavy atom. The molecule has 0 radical (unpaired) electrons. The van der Waals surface area contributed by atoms with Gasteiger partial charge in [0, 0.05) is 12.0 Å². The van der Waals surface area contributed by atoms with E-state index < -0.39 is 17.8 Å². The van der Waals surface area contributed by atoms with E-state index in [0.717, 1.165) is 19.4 Å². The van der Waals surface area contributed by atoms with Crippen LogP contribution in [0.5, 0.6) is 0 Å². The Labute approximate surface area is 145 Å². The van der Waals surface area contributed by atoms with Crippen LogP contribution in [0.15, 0.2) is 18.2 Å². The fourth-order valence-electron chi connectivity index (χ4n) is 2.89. The van der Waals surface area contributed by atoms with Crippen molar-refractivity contribution >= 4 is 23.5 Å². The monoisotopic (exact) mass is 356 g/mol. The lowest BCUT2D eigenvalue weighted by Gasteiger charge is -2.29. The third-order valence-corrected chi connectivity index (χ3v) is 4.56. The molecule has 1 fully saturated rings. The molecule has 1 heterocycles. The van der Waals surface area contributed by atoms with Crippen molar-refractivity contribution in [3.63, 3.8) is 0 Å². The quantitative estimate of drug-likeness (QED) is 0.796. The molecule has 132 valence electrons. The second-order valence-electron chi connectivity index (χ2n) is 6.09. The molecule has 1 aromatic carbocycles. The molecule has 24 heavy (non-hydrogen) atoms. The normalized spacial score (nSPS) is 21.8. The number of amides is 1. The maximum atomic E-state index is 13.7. The number of piperidine rings is 1. The Bertz CT molecular complexity index is 611. The number of esters is 1. The molecule has 3 atom stereocenters. The third-order valence-electron chi connectivity index (χ3n) is 4.26. The van der Waals surface area contributed by atoms with E-state index in [1.807, 2.05) is 6.92 Å². The van der Waals surface area contributed by atoms with Crippen LogP contribution in [0.1, 0.15) is 37.8 Å². The molecule has 1 aromatic rings. The molecule has 1 saturated heterocycles. The summed E-state index contributed by atoms with van der Waals surface area (Å²) in [6, 6.07) is 3.87. The molecule has 0 aromatic heterocycles. The van der Waals surface area contributed by atoms with Gasteiger partial charge in [0.25, 0.3) is 0 Å². The van der Waals surface area contributed by atoms with Gasteiger partial charge in [0.2, 0.25) is 5.91 Å². The van der Waals surface area contributed by atoms with Crippen molar-refractivity contribution < 1.29 is 18.7 Å². The van der Waals surface area contributed by atoms with Crippen molar-refractivity contribution in [3.05, 3.63) is 34.6 Å². The van der Waals surface area contributed by atoms with Gasteiger partial charge in [-0.15, -0.1) is 0 Å². The molecule has 0 aliphatic carbocycles. The number of carbonyl (C=O) groups is 2. The van der Waals surface area contributed by atoms with Crippen LogP contribution in [0.4, 0.5) is 4.39 Å². The van der Waals surface area contributed by atoms with E-state index in [2.05, 4.69) is 15.4 Å². The Balaban J connectivity index is 2.14. The van der Waals surface area contributed by atoms with E-state index in [1.54, 1.807) is 6.07 Å². The number of halogens is 2. The van der Waals surface area contributed by atoms with Crippen LogP contribution in [-0.2, 0) is 14.3 Å². The lowest BCUT2D eigenvalue weighted by molar-refractivity contribution is -0.141. The molecule has 0 saturated carbocycles. The van der Waals surface area contributed by atoms with Gasteiger partial charge in [-0.1, -0.05) is 17.7 Å². The molecule has 0 bridgehead atoms. The average molecular weight is 357 g/mol. The molecule has 1 amide bonds. The predicted molar refractivity (Wildman–Crippen MR) is 89.1 cm³/mol. The second kappa shape index (κ2) is 8.44. The predicted octanol–water partition coefficient (Wildman–Crippen LogP) is 2.59. The summed E-state index contributed by atoms with van der Waals surface area (Å²) in [5.74, 6) is -1.32. The molecule has 1 aliphatic heterocycles. The zero-order valence-corrected chi connectivity index (χ0v) is 14.5. The molecule has 0 spiro atoms. The summed E-state index contributed by atoms with van der Waals surface area (Å²) in [6.07, 6.45) is 1.39. The summed E-state index contributed by atoms with van der Waals surface area (Å²) in [4.78, 5) is 24.2. The zero-order valence-electron chi connectivity index (χ0n) is 13.8. The number of carbonyl (C=O) groups excluding carboxylic acids is 2. The van der Waals surface area contributed by atoms with Crippen LogP contribution >= 0.6 is 11.6 Å². The summed E-state index contributed by atoms with van der Waals surface area (Å²) < 4.78 is 18.4. The van der Waals surface area contributed by atoms with Gasteiger partial charge in [-0.3, -0.25) is 9.59 Å². The van der Waals surface area contributed by atoms with Crippen molar-refractivity contribution in [2.45, 2.75) is 38.3 Å². The summed E-state index contributed by atoms with van der Waals surface area (Å²) in [5, 5.41) is 6.14. The van der Waals surface area contributed by atoms with E-state index in [0.29, 0.717) is 5.56 Å². The summed E-state index contributed by atoms with van der Waals surface area (Å²) >= 11 is 5.70. The van der Waals surface area contributed by atoms with Crippen molar-refractivity contribution in [3.8, 4) is 0 Å². The van der Waals surface area contributed by atoms with Crippen molar-refractivity contribution in [1.29, 1.82) is 0 Å². The molecule has 5 nitrogen and oxygen atoms in total. The van der Waals surface area contributed by atoms with E-state index in [1.165, 1.54) is 19.2 Å². The first-order valence-electron chi connectivity index (χ1n) is 7.96. The molecule has 1 unspecified atom stereocenters. The number of rotatable bonds is 5. The standard InChI is InChI=1S/C17H22ClFN2O3/c1-10-7-12(5-6-20-10)17(23)21-15(9-16(22)24-2)11-3-4-13(18)14(19)8-11/h3-4,8,10,12,15,20H,5-7,9H2,1-2H3,(H,21,23)/t10-,12-,15?/m0/s1. The molecule has 2 N–H and O–H groups in total. The maximum absolute atomic E-state index is 13.7. The Morgan fingerprint density at radius 1 is 1.50 bits per heavy atom.